The quantitative estimate of drug-likeness (QED) is 0.0700. The molecule has 748 valence electrons. The molecule has 1 amide bonds. The molecule has 20 heteroatoms. The predicted octanol–water partition coefficient (Wildman–Crippen LogP) is 24.9. The fourth-order valence-corrected chi connectivity index (χ4v) is 13.9. The van der Waals surface area contributed by atoms with E-state index in [0.717, 1.165) is 102 Å². The molecular formula is C104H221N9O11. The topological polar surface area (TPSA) is 148 Å². The van der Waals surface area contributed by atoms with Crippen molar-refractivity contribution in [3.63, 3.8) is 0 Å². The van der Waals surface area contributed by atoms with E-state index in [-0.39, 0.29) is 39.1 Å². The van der Waals surface area contributed by atoms with E-state index < -0.39 is 0 Å². The Balaban J connectivity index is -0.000000243. The van der Waals surface area contributed by atoms with E-state index >= 15 is 0 Å². The van der Waals surface area contributed by atoms with Gasteiger partial charge in [0.25, 0.3) is 0 Å². The zero-order valence-electron chi connectivity index (χ0n) is 87.8. The lowest BCUT2D eigenvalue weighted by molar-refractivity contribution is -0.144. The lowest BCUT2D eigenvalue weighted by Crippen LogP contribution is -2.49. The Morgan fingerprint density at radius 1 is 0.476 bits per heavy atom. The number of hydrogen-bond donors (Lipinski definition) is 0. The van der Waals surface area contributed by atoms with Crippen LogP contribution in [0.15, 0.2) is 36.9 Å². The van der Waals surface area contributed by atoms with Gasteiger partial charge in [-0.05, 0) is 304 Å². The molecule has 12 rings (SSSR count). The fraction of sp³-hybridized carbons (Fsp3) is 0.923. The number of pyridine rings is 1. The molecule has 1 aromatic heterocycles. The van der Waals surface area contributed by atoms with Crippen molar-refractivity contribution in [2.24, 2.45) is 5.92 Å². The average Bonchev–Trinajstić information content (AvgIpc) is 1.69. The van der Waals surface area contributed by atoms with Crippen LogP contribution in [0.3, 0.4) is 0 Å². The molecule has 0 saturated carbocycles. The van der Waals surface area contributed by atoms with Crippen LogP contribution >= 0.6 is 0 Å². The second-order valence-corrected chi connectivity index (χ2v) is 34.4. The molecule has 11 fully saturated rings. The minimum absolute atomic E-state index is 0. The van der Waals surface area contributed by atoms with E-state index in [1.807, 2.05) is 189 Å². The molecule has 0 aliphatic carbocycles. The number of ether oxygens (including phenoxy) is 10. The van der Waals surface area contributed by atoms with Crippen LogP contribution in [0.1, 0.15) is 392 Å². The third kappa shape index (κ3) is 74.1. The minimum atomic E-state index is -0.208. The number of aromatic nitrogens is 1. The van der Waals surface area contributed by atoms with Crippen LogP contribution in [-0.4, -0.2) is 286 Å². The Bertz CT molecular complexity index is 2280. The minimum Gasteiger partial charge on any atom is -0.499 e. The Hall–Kier alpha value is -2.48. The Morgan fingerprint density at radius 3 is 1.35 bits per heavy atom. The monoisotopic (exact) mass is 1770 g/mol. The number of hydrogen-bond acceptors (Lipinski definition) is 19. The molecule has 12 heterocycles. The third-order valence-electron chi connectivity index (χ3n) is 20.6. The summed E-state index contributed by atoms with van der Waals surface area (Å²) in [4.78, 5) is 34.3. The SMILES string of the molecule is C.C.CC.CC.CC.CC.CC.CC.CC.CC.CC(C)(C)OCC(=O)N1CCC1.CC(C)O/C=C/CN1CCC1.CC(C)OC(C)CCN1CCC1.CC(C)OCC1CCCN2CCCCC12.CC(C)OCN1C2CCCC1CC2.CC(C)OCN1CC2CC1CO2.CC(C)OCN1CCC1.CC(C)OCN1CCCCC1.CC(C)OCc1cccnc1. The van der Waals surface area contributed by atoms with Crippen LogP contribution in [0.5, 0.6) is 0 Å². The first-order valence-electron chi connectivity index (χ1n) is 50.8. The van der Waals surface area contributed by atoms with Crippen molar-refractivity contribution in [3.8, 4) is 0 Å². The Morgan fingerprint density at radius 2 is 0.944 bits per heavy atom. The first kappa shape index (κ1) is 135. The number of piperidine rings is 4. The zero-order valence-corrected chi connectivity index (χ0v) is 87.8. The summed E-state index contributed by atoms with van der Waals surface area (Å²) in [5, 5.41) is 0. The summed E-state index contributed by atoms with van der Waals surface area (Å²) in [7, 11) is 0. The lowest BCUT2D eigenvalue weighted by Gasteiger charge is -2.44. The highest BCUT2D eigenvalue weighted by atomic mass is 16.5. The van der Waals surface area contributed by atoms with Crippen LogP contribution < -0.4 is 0 Å². The summed E-state index contributed by atoms with van der Waals surface area (Å²) in [5.41, 5.74) is 0.918. The van der Waals surface area contributed by atoms with Gasteiger partial charge in [0.15, 0.2) is 0 Å². The van der Waals surface area contributed by atoms with Gasteiger partial charge in [0, 0.05) is 95.5 Å². The number of nitrogens with zero attached hydrogens (tertiary/aromatic N) is 9. The largest absolute Gasteiger partial charge is 0.499 e. The van der Waals surface area contributed by atoms with Crippen molar-refractivity contribution in [3.05, 3.63) is 42.4 Å². The zero-order chi connectivity index (χ0) is 93.7. The molecule has 124 heavy (non-hydrogen) atoms. The van der Waals surface area contributed by atoms with Gasteiger partial charge in [-0.3, -0.25) is 34.3 Å². The highest BCUT2D eigenvalue weighted by Gasteiger charge is 2.39. The summed E-state index contributed by atoms with van der Waals surface area (Å²) in [6.07, 6.45) is 37.0. The maximum Gasteiger partial charge on any atom is 0.248 e. The number of amides is 1. The first-order valence-corrected chi connectivity index (χ1v) is 50.8. The predicted molar refractivity (Wildman–Crippen MR) is 539 cm³/mol. The van der Waals surface area contributed by atoms with E-state index in [2.05, 4.69) is 135 Å². The summed E-state index contributed by atoms with van der Waals surface area (Å²) < 4.78 is 55.1. The van der Waals surface area contributed by atoms with Crippen molar-refractivity contribution >= 4 is 5.91 Å². The number of likely N-dealkylation sites (tertiary alicyclic amines) is 6. The molecule has 0 spiro atoms. The van der Waals surface area contributed by atoms with E-state index in [0.29, 0.717) is 67.6 Å². The molecule has 20 nitrogen and oxygen atoms in total. The maximum absolute atomic E-state index is 11.3. The highest BCUT2D eigenvalue weighted by molar-refractivity contribution is 5.78. The van der Waals surface area contributed by atoms with E-state index in [1.54, 1.807) is 6.20 Å². The van der Waals surface area contributed by atoms with Gasteiger partial charge < -0.3 is 62.1 Å². The first-order chi connectivity index (χ1) is 58.6. The van der Waals surface area contributed by atoms with Crippen molar-refractivity contribution in [2.45, 2.75) is 484 Å². The number of carbonyl (C=O) groups is 1. The van der Waals surface area contributed by atoms with Crippen molar-refractivity contribution in [1.82, 2.24) is 44.2 Å². The van der Waals surface area contributed by atoms with Crippen LogP contribution in [0.25, 0.3) is 0 Å². The summed E-state index contributed by atoms with van der Waals surface area (Å²) >= 11 is 0. The molecule has 7 atom stereocenters. The van der Waals surface area contributed by atoms with Crippen molar-refractivity contribution < 1.29 is 52.2 Å². The normalized spacial score (nSPS) is 21.1. The van der Waals surface area contributed by atoms with E-state index in [1.165, 1.54) is 188 Å². The second-order valence-electron chi connectivity index (χ2n) is 34.4. The summed E-state index contributed by atoms with van der Waals surface area (Å²) in [5.74, 6) is 0.928. The van der Waals surface area contributed by atoms with Crippen LogP contribution in [-0.2, 0) is 58.8 Å². The Kier molecular flexibility index (Phi) is 98.8. The highest BCUT2D eigenvalue weighted by Crippen LogP contribution is 2.36. The average molecular weight is 1770 g/mol. The van der Waals surface area contributed by atoms with E-state index in [9.17, 15) is 4.79 Å². The molecule has 0 N–H and O–H groups in total. The summed E-state index contributed by atoms with van der Waals surface area (Å²) in [6, 6.07) is 7.09. The molecule has 0 radical (unpaired) electrons. The molecular weight excluding hydrogens is 1550 g/mol. The molecule has 1 aromatic rings. The van der Waals surface area contributed by atoms with Crippen molar-refractivity contribution in [1.29, 1.82) is 0 Å². The molecule has 11 aliphatic heterocycles. The van der Waals surface area contributed by atoms with Crippen LogP contribution in [0, 0.1) is 5.92 Å². The van der Waals surface area contributed by atoms with Gasteiger partial charge in [-0.15, -0.1) is 0 Å². The molecule has 11 saturated heterocycles. The Labute approximate surface area is 775 Å². The standard InChI is InChI=1S/C13H25NO.C11H21NO.C10H21NO.2C9H17NO2.C9H17NO.C9H13NO.C9H19NO.C7H15NO.8C2H6.2CH4/c1-11(2)15-10-12-6-5-9-14-8-4-3-7-13(12)14;1-9(2)13-8-12-10-4-3-5-11(12)7-6-10;1-9(2)12-10(3)5-8-11-6-4-7-11;1-7(2)12-6-10-4-9-3-8(10)5-11-9;1-9(2,3)12-7-8(11)10-5-4-6-10;1-9(2)11-8-4-7-10-5-3-6-10;1-8(2)11-7-9-4-3-5-10-6-9;1-9(2)11-8-10-6-4-3-5-7-10;1-7(2)9-6-8-4-3-5-8;8*1-2;;/h11-13H,3-10H2,1-2H3;9-11H,3-8H2,1-2H3;9-10H,4-8H2,1-3H3;7-9H,3-6H2,1-2H3;4-7H2,1-3H3;4,8-9H,3,5-7H2,1-2H3;3-6,8H,7H2,1-2H3;9H,3-8H2,1-2H3;7H,3-6H2,1-2H3;8*1-2H3;2*1H4/b;;;;;8-4+;;;;;;;;;;;;;. The molecule has 4 bridgehead atoms. The van der Waals surface area contributed by atoms with Gasteiger partial charge in [0.05, 0.1) is 120 Å². The van der Waals surface area contributed by atoms with Gasteiger partial charge >= 0.3 is 0 Å². The maximum atomic E-state index is 11.3. The van der Waals surface area contributed by atoms with Gasteiger partial charge in [0.2, 0.25) is 5.91 Å². The second kappa shape index (κ2) is 91.0. The van der Waals surface area contributed by atoms with Crippen LogP contribution in [0.2, 0.25) is 0 Å². The number of carbonyl (C=O) groups excluding carboxylic acids is 1. The van der Waals surface area contributed by atoms with Gasteiger partial charge in [-0.2, -0.15) is 0 Å². The number of rotatable bonds is 29. The fourth-order valence-electron chi connectivity index (χ4n) is 13.9. The smallest absolute Gasteiger partial charge is 0.248 e. The third-order valence-corrected chi connectivity index (χ3v) is 20.6. The van der Waals surface area contributed by atoms with E-state index in [4.69, 9.17) is 47.4 Å². The van der Waals surface area contributed by atoms with Gasteiger partial charge in [0.1, 0.15) is 6.61 Å². The van der Waals surface area contributed by atoms with Crippen molar-refractivity contribution in [2.75, 3.05) is 145 Å². The van der Waals surface area contributed by atoms with Crippen LogP contribution in [0.4, 0.5) is 0 Å². The molecule has 11 aliphatic rings. The summed E-state index contributed by atoms with van der Waals surface area (Å²) in [6.45, 7) is 97.3. The van der Waals surface area contributed by atoms with Gasteiger partial charge in [-0.1, -0.05) is 151 Å². The lowest BCUT2D eigenvalue weighted by atomic mass is 9.84. The number of fused-ring (bicyclic) bond motifs is 5. The molecule has 7 unspecified atom stereocenters. The van der Waals surface area contributed by atoms with Gasteiger partial charge in [-0.25, -0.2) is 0 Å². The molecule has 0 aromatic carbocycles. The number of morpholine rings is 1.